The van der Waals surface area contributed by atoms with Crippen molar-refractivity contribution < 1.29 is 18.3 Å². The Labute approximate surface area is 180 Å². The second-order valence-corrected chi connectivity index (χ2v) is 10.0. The summed E-state index contributed by atoms with van der Waals surface area (Å²) < 4.78 is 29.7. The van der Waals surface area contributed by atoms with Crippen LogP contribution in [0.1, 0.15) is 61.9 Å². The predicted molar refractivity (Wildman–Crippen MR) is 113 cm³/mol. The number of hydrogen-bond donors (Lipinski definition) is 0. The molecule has 0 spiro atoms. The van der Waals surface area contributed by atoms with E-state index < -0.39 is 13.0 Å². The highest BCUT2D eigenvalue weighted by Crippen LogP contribution is 2.34. The van der Waals surface area contributed by atoms with Gasteiger partial charge in [-0.05, 0) is 75.7 Å². The molecule has 0 atom stereocenters. The topological polar surface area (TPSA) is 54.8 Å². The third kappa shape index (κ3) is 6.54. The lowest BCUT2D eigenvalue weighted by molar-refractivity contribution is -0.118. The van der Waals surface area contributed by atoms with Crippen LogP contribution in [0.2, 0.25) is 0 Å². The summed E-state index contributed by atoms with van der Waals surface area (Å²) in [7, 11) is 0. The lowest BCUT2D eigenvalue weighted by atomic mass is 9.81. The first kappa shape index (κ1) is 21.8. The van der Waals surface area contributed by atoms with Crippen LogP contribution in [-0.4, -0.2) is 48.1 Å². The zero-order valence-electron chi connectivity index (χ0n) is 17.4. The van der Waals surface area contributed by atoms with E-state index in [2.05, 4.69) is 14.9 Å². The summed E-state index contributed by atoms with van der Waals surface area (Å²) in [5, 5.41) is 0.373. The molecule has 1 aromatic rings. The molecule has 5 nitrogen and oxygen atoms in total. The Balaban J connectivity index is 1.15. The average Bonchev–Trinajstić information content (AvgIpc) is 3.45. The fourth-order valence-electron chi connectivity index (χ4n) is 4.42. The van der Waals surface area contributed by atoms with Gasteiger partial charge in [0.1, 0.15) is 0 Å². The van der Waals surface area contributed by atoms with Gasteiger partial charge < -0.3 is 4.74 Å². The van der Waals surface area contributed by atoms with E-state index in [1.165, 1.54) is 48.3 Å². The fourth-order valence-corrected chi connectivity index (χ4v) is 5.33. The zero-order valence-corrected chi connectivity index (χ0v) is 18.2. The largest absolute Gasteiger partial charge is 0.464 e. The van der Waals surface area contributed by atoms with Crippen molar-refractivity contribution in [2.24, 2.45) is 22.7 Å². The van der Waals surface area contributed by atoms with Crippen molar-refractivity contribution in [2.45, 2.75) is 70.8 Å². The van der Waals surface area contributed by atoms with Gasteiger partial charge in [0.05, 0.1) is 5.69 Å². The van der Waals surface area contributed by atoms with E-state index in [1.54, 1.807) is 0 Å². The monoisotopic (exact) mass is 439 g/mol. The highest BCUT2D eigenvalue weighted by Gasteiger charge is 2.26. The molecule has 8 heteroatoms. The van der Waals surface area contributed by atoms with Gasteiger partial charge in [-0.3, -0.25) is 9.69 Å². The van der Waals surface area contributed by atoms with Gasteiger partial charge in [0.25, 0.3) is 11.6 Å². The Morgan fingerprint density at radius 1 is 1.23 bits per heavy atom. The van der Waals surface area contributed by atoms with Crippen molar-refractivity contribution in [2.75, 3.05) is 19.7 Å². The van der Waals surface area contributed by atoms with Gasteiger partial charge in [-0.25, -0.2) is 18.8 Å². The van der Waals surface area contributed by atoms with Crippen LogP contribution < -0.4 is 4.74 Å². The standard InChI is InChI=1S/C22H31F2N3O2S/c23-20(24)14-29-22-26-18-13-27(10-8-19(18)30-22)9-7-15-1-5-17(6-2-15)12-25-21(28)11-16-3-4-16/h12,15-17,20H,1-11,13-14H2. The minimum Gasteiger partial charge on any atom is -0.464 e. The summed E-state index contributed by atoms with van der Waals surface area (Å²) in [6.45, 7) is 2.25. The summed E-state index contributed by atoms with van der Waals surface area (Å²) in [4.78, 5) is 24.0. The maximum absolute atomic E-state index is 12.3. The van der Waals surface area contributed by atoms with Crippen LogP contribution in [0, 0.1) is 17.8 Å². The number of thiazole rings is 1. The smallest absolute Gasteiger partial charge is 0.273 e. The number of hydrogen-bond acceptors (Lipinski definition) is 5. The van der Waals surface area contributed by atoms with Gasteiger partial charge in [0, 0.05) is 30.6 Å². The molecule has 1 amide bonds. The first-order valence-corrected chi connectivity index (χ1v) is 12.1. The van der Waals surface area contributed by atoms with Crippen LogP contribution in [0.4, 0.5) is 8.78 Å². The van der Waals surface area contributed by atoms with Crippen LogP contribution in [0.25, 0.3) is 0 Å². The highest BCUT2D eigenvalue weighted by molar-refractivity contribution is 7.13. The van der Waals surface area contributed by atoms with Crippen molar-refractivity contribution in [1.29, 1.82) is 0 Å². The maximum atomic E-state index is 12.3. The molecule has 3 aliphatic rings. The molecular formula is C22H31F2N3O2S. The Kier molecular flexibility index (Phi) is 7.46. The maximum Gasteiger partial charge on any atom is 0.273 e. The predicted octanol–water partition coefficient (Wildman–Crippen LogP) is 4.74. The summed E-state index contributed by atoms with van der Waals surface area (Å²) in [5.41, 5.74) is 0.992. The summed E-state index contributed by atoms with van der Waals surface area (Å²) in [5.74, 6) is 1.87. The fraction of sp³-hybridized carbons (Fsp3) is 0.773. The second kappa shape index (κ2) is 10.3. The van der Waals surface area contributed by atoms with Crippen molar-refractivity contribution in [3.05, 3.63) is 10.6 Å². The number of ether oxygens (including phenoxy) is 1. The molecule has 2 heterocycles. The van der Waals surface area contributed by atoms with Crippen molar-refractivity contribution >= 4 is 23.5 Å². The lowest BCUT2D eigenvalue weighted by Gasteiger charge is -2.30. The minimum atomic E-state index is -2.47. The molecule has 2 fully saturated rings. The normalized spacial score (nSPS) is 25.0. The van der Waals surface area contributed by atoms with E-state index in [0.717, 1.165) is 50.5 Å². The molecular weight excluding hydrogens is 408 g/mol. The molecule has 30 heavy (non-hydrogen) atoms. The van der Waals surface area contributed by atoms with Crippen molar-refractivity contribution in [1.82, 2.24) is 9.88 Å². The Bertz CT molecular complexity index is 743. The number of amides is 1. The van der Waals surface area contributed by atoms with Crippen LogP contribution in [0.15, 0.2) is 4.99 Å². The van der Waals surface area contributed by atoms with E-state index in [4.69, 9.17) is 4.74 Å². The van der Waals surface area contributed by atoms with Gasteiger partial charge in [-0.2, -0.15) is 0 Å². The molecule has 1 aromatic heterocycles. The molecule has 0 aromatic carbocycles. The van der Waals surface area contributed by atoms with Crippen LogP contribution in [0.5, 0.6) is 5.19 Å². The number of alkyl halides is 2. The Morgan fingerprint density at radius 2 is 2.00 bits per heavy atom. The first-order chi connectivity index (χ1) is 14.5. The van der Waals surface area contributed by atoms with Gasteiger partial charge >= 0.3 is 0 Å². The number of fused-ring (bicyclic) bond motifs is 1. The molecule has 4 rings (SSSR count). The number of carbonyl (C=O) groups is 1. The highest BCUT2D eigenvalue weighted by atomic mass is 32.1. The second-order valence-electron chi connectivity index (χ2n) is 8.97. The van der Waals surface area contributed by atoms with E-state index >= 15 is 0 Å². The van der Waals surface area contributed by atoms with Crippen molar-refractivity contribution in [3.63, 3.8) is 0 Å². The Morgan fingerprint density at radius 3 is 2.73 bits per heavy atom. The number of nitrogens with zero attached hydrogens (tertiary/aromatic N) is 3. The van der Waals surface area contributed by atoms with Crippen LogP contribution >= 0.6 is 11.3 Å². The van der Waals surface area contributed by atoms with E-state index in [9.17, 15) is 13.6 Å². The first-order valence-electron chi connectivity index (χ1n) is 11.2. The molecule has 2 saturated carbocycles. The molecule has 0 unspecified atom stereocenters. The van der Waals surface area contributed by atoms with Crippen LogP contribution in [-0.2, 0) is 17.8 Å². The van der Waals surface area contributed by atoms with E-state index in [0.29, 0.717) is 23.5 Å². The molecule has 0 N–H and O–H groups in total. The minimum absolute atomic E-state index is 0.0638. The molecule has 2 aliphatic carbocycles. The SMILES string of the molecule is O=C(CC1CC1)N=CC1CCC(CCN2CCc3sc(OCC(F)F)nc3C2)CC1. The third-order valence-electron chi connectivity index (χ3n) is 6.45. The van der Waals surface area contributed by atoms with Gasteiger partial charge in [0.15, 0.2) is 6.61 Å². The number of aromatic nitrogens is 1. The van der Waals surface area contributed by atoms with Gasteiger partial charge in [0.2, 0.25) is 5.91 Å². The third-order valence-corrected chi connectivity index (χ3v) is 7.52. The van der Waals surface area contributed by atoms with Gasteiger partial charge in [-0.1, -0.05) is 11.3 Å². The molecule has 0 bridgehead atoms. The Hall–Kier alpha value is -1.41. The number of rotatable bonds is 9. The molecule has 1 aliphatic heterocycles. The molecule has 0 saturated heterocycles. The summed E-state index contributed by atoms with van der Waals surface area (Å²) in [6.07, 6.45) is 9.25. The quantitative estimate of drug-likeness (QED) is 0.522. The van der Waals surface area contributed by atoms with Gasteiger partial charge in [-0.15, -0.1) is 0 Å². The molecule has 0 radical (unpaired) electrons. The summed E-state index contributed by atoms with van der Waals surface area (Å²) >= 11 is 1.41. The average molecular weight is 440 g/mol. The van der Waals surface area contributed by atoms with Crippen molar-refractivity contribution in [3.8, 4) is 5.19 Å². The van der Waals surface area contributed by atoms with E-state index in [-0.39, 0.29) is 5.91 Å². The van der Waals surface area contributed by atoms with Crippen LogP contribution in [0.3, 0.4) is 0 Å². The van der Waals surface area contributed by atoms with E-state index in [1.807, 2.05) is 6.21 Å². The lowest BCUT2D eigenvalue weighted by Crippen LogP contribution is -2.32. The molecule has 166 valence electrons. The number of halogens is 2. The summed E-state index contributed by atoms with van der Waals surface area (Å²) in [6, 6.07) is 0. The number of aliphatic imine (C=N–C) groups is 1. The zero-order chi connectivity index (χ0) is 20.9. The number of carbonyl (C=O) groups excluding carboxylic acids is 1.